The Bertz CT molecular complexity index is 5470. The molecule has 0 bridgehead atoms. The van der Waals surface area contributed by atoms with Gasteiger partial charge in [0.05, 0.1) is 36.7 Å². The zero-order valence-corrected chi connectivity index (χ0v) is 67.3. The minimum Gasteiger partial charge on any atom is -0.478 e. The van der Waals surface area contributed by atoms with E-state index in [1.165, 1.54) is 47.9 Å². The number of aromatic amines is 1. The van der Waals surface area contributed by atoms with Gasteiger partial charge in [-0.1, -0.05) is 97.1 Å². The van der Waals surface area contributed by atoms with Gasteiger partial charge in [-0.05, 0) is 78.4 Å². The molecule has 39 nitrogen and oxygen atoms in total. The molecule has 13 N–H and O–H groups in total. The average Bonchev–Trinajstić information content (AvgIpc) is 1.60. The van der Waals surface area contributed by atoms with Crippen LogP contribution in [-0.2, 0) is 57.5 Å². The number of carbonyl (C=O) groups is 6. The molecule has 14 heterocycles. The van der Waals surface area contributed by atoms with E-state index in [4.69, 9.17) is 37.9 Å². The summed E-state index contributed by atoms with van der Waals surface area (Å²) in [4.78, 5) is 114. The van der Waals surface area contributed by atoms with Gasteiger partial charge in [-0.2, -0.15) is 0 Å². The first-order valence-corrected chi connectivity index (χ1v) is 41.2. The van der Waals surface area contributed by atoms with Crippen molar-refractivity contribution < 1.29 is 82.0 Å². The monoisotopic (exact) mass is 1700 g/mol. The third-order valence-corrected chi connectivity index (χ3v) is 22.9. The molecule has 12 unspecified atom stereocenters. The smallest absolute Gasteiger partial charge is 0.346 e. The van der Waals surface area contributed by atoms with Crippen LogP contribution in [0.1, 0.15) is 121 Å². The number of carbonyl (C=O) groups excluding carboxylic acids is 3. The van der Waals surface area contributed by atoms with Crippen molar-refractivity contribution in [1.29, 1.82) is 0 Å². The Balaban J connectivity index is 0.000000136. The molecule has 6 amide bonds. The zero-order chi connectivity index (χ0) is 84.3. The van der Waals surface area contributed by atoms with Crippen LogP contribution in [0.4, 0.5) is 31.8 Å². The van der Waals surface area contributed by atoms with Crippen LogP contribution in [-0.4, -0.2) is 209 Å². The number of rotatable bonds is 28. The van der Waals surface area contributed by atoms with Gasteiger partial charge in [0.2, 0.25) is 0 Å². The molecule has 15 atom stereocenters. The van der Waals surface area contributed by atoms with Gasteiger partial charge in [-0.15, -0.1) is 22.7 Å². The van der Waals surface area contributed by atoms with E-state index in [-0.39, 0.29) is 47.4 Å². The molecule has 634 valence electrons. The number of aromatic nitrogens is 13. The Labute approximate surface area is 702 Å². The number of anilines is 3. The molecule has 122 heavy (non-hydrogen) atoms. The van der Waals surface area contributed by atoms with Crippen LogP contribution in [0, 0.1) is 5.92 Å². The number of fused-ring (bicyclic) bond motifs is 6. The number of aromatic carboxylic acids is 3. The number of ether oxygens (including phenoxy) is 8. The third kappa shape index (κ3) is 18.3. The molecule has 3 aromatic carbocycles. The lowest BCUT2D eigenvalue weighted by Gasteiger charge is -2.21. The zero-order valence-electron chi connectivity index (χ0n) is 65.7. The summed E-state index contributed by atoms with van der Waals surface area (Å²) in [6.45, 7) is 9.39. The standard InChI is InChI=1S/C29H31N7O5S.C26H28N8O6.C26H27N7O6S/c1-2-31-29(39)35-26-22-27(33-15-32-26)36(16-34-22)20-12-19(14-30-13-18-10-11-42-25(18)28(37)38)23-24(20)41-21(40-23)9-8-17-6-4-3-5-7-17;1-2-29-26(37)33-21-18-22(31-12-30-21)34(13-32-18)23-20-19(39-25(40-20)14-6-4-3-5-7-14)17(38-23)11-28-9-15-8-27-10-16(15)24(35)36;1-2-28-26(36)32-21-17-22(30-12-29-21)33(13-31-17)23-19-18(38-25(39-19)14-6-4-3-5-7-14)16(37-23)11-27-10-15-8-9-40-20(15)24(34)35/h3-11,15-16,19-21,23-24,30H,2,12-14H2,1H3,(H,37,38)(H2,31,32,33,35,39);3-8,10,12-13,17,19-20,23,25,27-28H,2,9,11H2,1H3,(H,35,36)(H2,29,30,31,33,37);3-9,12-13,16,18-19,23,25,27H,2,10-11H2,1H3,(H,34,35)(H2,28,29,30,32,36)/b9-8+;;/t19?,20?,21-,23?,24?;17?,19?,20?,23?,25-;16?,18?,19?,23?,25-/m000/s1. The Morgan fingerprint density at radius 2 is 0.885 bits per heavy atom. The maximum Gasteiger partial charge on any atom is 0.346 e. The van der Waals surface area contributed by atoms with E-state index in [1.807, 2.05) is 135 Å². The van der Waals surface area contributed by atoms with Crippen molar-refractivity contribution in [3.05, 3.63) is 219 Å². The van der Waals surface area contributed by atoms with E-state index in [0.29, 0.717) is 119 Å². The highest BCUT2D eigenvalue weighted by molar-refractivity contribution is 7.12. The molecule has 9 aromatic heterocycles. The van der Waals surface area contributed by atoms with Gasteiger partial charge in [-0.25, -0.2) is 73.6 Å². The molecule has 0 spiro atoms. The van der Waals surface area contributed by atoms with Crippen molar-refractivity contribution in [1.82, 2.24) is 95.4 Å². The molecule has 1 aliphatic carbocycles. The van der Waals surface area contributed by atoms with Crippen LogP contribution in [0.5, 0.6) is 0 Å². The summed E-state index contributed by atoms with van der Waals surface area (Å²) < 4.78 is 56.8. The second kappa shape index (κ2) is 38.1. The lowest BCUT2D eigenvalue weighted by Crippen LogP contribution is -2.36. The number of urea groups is 3. The van der Waals surface area contributed by atoms with Crippen LogP contribution in [0.2, 0.25) is 0 Å². The van der Waals surface area contributed by atoms with Gasteiger partial charge in [0.15, 0.2) is 82.3 Å². The molecule has 5 aliphatic heterocycles. The minimum absolute atomic E-state index is 0.0780. The molecule has 1 saturated carbocycles. The number of carboxylic acids is 3. The third-order valence-electron chi connectivity index (χ3n) is 21.1. The second-order valence-electron chi connectivity index (χ2n) is 28.8. The fourth-order valence-corrected chi connectivity index (χ4v) is 17.1. The Morgan fingerprint density at radius 3 is 1.34 bits per heavy atom. The number of imidazole rings is 3. The van der Waals surface area contributed by atoms with E-state index < -0.39 is 97.9 Å². The van der Waals surface area contributed by atoms with Crippen LogP contribution < -0.4 is 47.9 Å². The number of hydrogen-bond acceptors (Lipinski definition) is 28. The number of thiophene rings is 2. The summed E-state index contributed by atoms with van der Waals surface area (Å²) in [5.41, 5.74) is 7.95. The quantitative estimate of drug-likeness (QED) is 0.0217. The van der Waals surface area contributed by atoms with E-state index in [9.17, 15) is 44.1 Å². The Morgan fingerprint density at radius 1 is 0.459 bits per heavy atom. The van der Waals surface area contributed by atoms with Gasteiger partial charge in [0, 0.05) is 88.3 Å². The highest BCUT2D eigenvalue weighted by atomic mass is 32.1. The van der Waals surface area contributed by atoms with E-state index in [0.717, 1.165) is 28.7 Å². The Hall–Kier alpha value is -12.5. The lowest BCUT2D eigenvalue weighted by atomic mass is 10.1. The fourth-order valence-electron chi connectivity index (χ4n) is 15.6. The van der Waals surface area contributed by atoms with Crippen LogP contribution in [0.25, 0.3) is 39.6 Å². The van der Waals surface area contributed by atoms with Crippen molar-refractivity contribution >= 4 is 116 Å². The molecule has 6 fully saturated rings. The lowest BCUT2D eigenvalue weighted by molar-refractivity contribution is -0.146. The Kier molecular flexibility index (Phi) is 26.0. The van der Waals surface area contributed by atoms with Gasteiger partial charge in [0.1, 0.15) is 71.5 Å². The van der Waals surface area contributed by atoms with Crippen LogP contribution >= 0.6 is 22.7 Å². The predicted octanol–water partition coefficient (Wildman–Crippen LogP) is 8.96. The fraction of sp³-hybridized carbons (Fsp3) is 0.346. The van der Waals surface area contributed by atoms with E-state index in [1.54, 1.807) is 51.1 Å². The average molecular weight is 1700 g/mol. The predicted molar refractivity (Wildman–Crippen MR) is 441 cm³/mol. The SMILES string of the molecule is CCNC(=O)Nc1ncnc2c1ncn2C1CC(CNCc2ccsc2C(=O)O)C2O[C@H](/C=C/c3ccccc3)OC21.CCNC(=O)Nc1ncnc2c1ncn2C1OC(CNCc2c[nH]cc2C(=O)O)C2O[C@H](c3ccccc3)OC21.CCNC(=O)Nc1ncnc2c1ncn2C1OC(CNCc2ccsc2C(=O)O)C2O[C@H](c3ccccc3)OC21. The topological polar surface area (TPSA) is 492 Å². The summed E-state index contributed by atoms with van der Waals surface area (Å²) in [5, 5.41) is 58.1. The molecule has 0 radical (unpaired) electrons. The first-order chi connectivity index (χ1) is 59.6. The van der Waals surface area contributed by atoms with Gasteiger partial charge in [0.25, 0.3) is 0 Å². The summed E-state index contributed by atoms with van der Waals surface area (Å²) in [7, 11) is 0. The minimum atomic E-state index is -0.997. The maximum atomic E-state index is 12.2. The van der Waals surface area contributed by atoms with E-state index in [2.05, 4.69) is 97.7 Å². The number of hydrogen-bond donors (Lipinski definition) is 13. The van der Waals surface area contributed by atoms with Crippen molar-refractivity contribution in [3.8, 4) is 0 Å². The van der Waals surface area contributed by atoms with Crippen LogP contribution in [0.15, 0.2) is 170 Å². The van der Waals surface area contributed by atoms with Crippen molar-refractivity contribution in [2.75, 3.05) is 55.2 Å². The maximum absolute atomic E-state index is 12.2. The summed E-state index contributed by atoms with van der Waals surface area (Å²) >= 11 is 2.42. The van der Waals surface area contributed by atoms with Gasteiger partial charge >= 0.3 is 36.0 Å². The number of benzene rings is 3. The molecular weight excluding hydrogens is 1620 g/mol. The number of amides is 6. The highest BCUT2D eigenvalue weighted by Crippen LogP contribution is 2.49. The largest absolute Gasteiger partial charge is 0.478 e. The number of nitrogens with zero attached hydrogens (tertiary/aromatic N) is 12. The number of H-pyrrole nitrogens is 1. The summed E-state index contributed by atoms with van der Waals surface area (Å²) in [6.07, 6.45) is 10.6. The van der Waals surface area contributed by atoms with Crippen molar-refractivity contribution in [3.63, 3.8) is 0 Å². The number of carboxylic acid groups (broad SMARTS) is 3. The highest BCUT2D eigenvalue weighted by Gasteiger charge is 2.56. The molecular formula is C81H86N22O17S2. The summed E-state index contributed by atoms with van der Waals surface area (Å²) in [6, 6.07) is 31.6. The van der Waals surface area contributed by atoms with Gasteiger partial charge < -0.3 is 94.7 Å². The molecule has 18 rings (SSSR count). The summed E-state index contributed by atoms with van der Waals surface area (Å²) in [5.74, 6) is -1.91. The van der Waals surface area contributed by atoms with Crippen LogP contribution in [0.3, 0.4) is 0 Å². The molecule has 5 saturated heterocycles. The first kappa shape index (κ1) is 83.2. The van der Waals surface area contributed by atoms with E-state index >= 15 is 0 Å². The van der Waals surface area contributed by atoms with Gasteiger partial charge in [-0.3, -0.25) is 25.1 Å². The molecule has 41 heteroatoms. The number of nitrogens with one attached hydrogen (secondary N) is 10. The van der Waals surface area contributed by atoms with Crippen molar-refractivity contribution in [2.45, 2.75) is 133 Å². The molecule has 12 aromatic rings. The van der Waals surface area contributed by atoms with Crippen molar-refractivity contribution in [2.24, 2.45) is 5.92 Å². The molecule has 6 aliphatic rings. The second-order valence-corrected chi connectivity index (χ2v) is 30.6. The normalized spacial score (nSPS) is 23.6. The first-order valence-electron chi connectivity index (χ1n) is 39.4.